The molecule has 2 N–H and O–H groups in total. The second-order valence-corrected chi connectivity index (χ2v) is 4.74. The maximum absolute atomic E-state index is 6.33. The smallest absolute Gasteiger partial charge is 0.0705 e. The summed E-state index contributed by atoms with van der Waals surface area (Å²) < 4.78 is 5.46. The first-order chi connectivity index (χ1) is 8.72. The lowest BCUT2D eigenvalue weighted by molar-refractivity contribution is 0.0759. The first-order valence-corrected chi connectivity index (χ1v) is 6.67. The van der Waals surface area contributed by atoms with Crippen LogP contribution < -0.4 is 5.32 Å². The van der Waals surface area contributed by atoms with Gasteiger partial charge < -0.3 is 15.0 Å². The van der Waals surface area contributed by atoms with Gasteiger partial charge in [0.15, 0.2) is 0 Å². The Labute approximate surface area is 112 Å². The SMILES string of the molecule is CCOC(C)CNCc1[nH]c2ccccc2c1Cl. The number of hydrogen-bond acceptors (Lipinski definition) is 2. The molecule has 18 heavy (non-hydrogen) atoms. The van der Waals surface area contributed by atoms with E-state index < -0.39 is 0 Å². The minimum Gasteiger partial charge on any atom is -0.377 e. The van der Waals surface area contributed by atoms with Crippen LogP contribution in [0.1, 0.15) is 19.5 Å². The fourth-order valence-corrected chi connectivity index (χ4v) is 2.31. The summed E-state index contributed by atoms with van der Waals surface area (Å²) >= 11 is 6.33. The van der Waals surface area contributed by atoms with Gasteiger partial charge in [-0.2, -0.15) is 0 Å². The van der Waals surface area contributed by atoms with Gasteiger partial charge in [-0.3, -0.25) is 0 Å². The van der Waals surface area contributed by atoms with Crippen molar-refractivity contribution >= 4 is 22.5 Å². The Kier molecular flexibility index (Phi) is 4.64. The van der Waals surface area contributed by atoms with Gasteiger partial charge in [-0.1, -0.05) is 29.8 Å². The van der Waals surface area contributed by atoms with Crippen LogP contribution in [0, 0.1) is 0 Å². The first-order valence-electron chi connectivity index (χ1n) is 6.29. The zero-order chi connectivity index (χ0) is 13.0. The lowest BCUT2D eigenvalue weighted by atomic mass is 10.2. The largest absolute Gasteiger partial charge is 0.377 e. The van der Waals surface area contributed by atoms with Crippen molar-refractivity contribution in [3.8, 4) is 0 Å². The molecule has 0 bridgehead atoms. The van der Waals surface area contributed by atoms with Gasteiger partial charge in [0.25, 0.3) is 0 Å². The van der Waals surface area contributed by atoms with Gasteiger partial charge in [0.05, 0.1) is 11.1 Å². The average Bonchev–Trinajstić information content (AvgIpc) is 2.68. The van der Waals surface area contributed by atoms with E-state index in [2.05, 4.69) is 17.2 Å². The Hall–Kier alpha value is -1.03. The van der Waals surface area contributed by atoms with E-state index in [0.29, 0.717) is 0 Å². The predicted molar refractivity (Wildman–Crippen MR) is 76.1 cm³/mol. The van der Waals surface area contributed by atoms with E-state index in [-0.39, 0.29) is 6.10 Å². The normalized spacial score (nSPS) is 13.1. The molecule has 0 aliphatic carbocycles. The molecule has 4 heteroatoms. The molecular weight excluding hydrogens is 248 g/mol. The molecule has 98 valence electrons. The molecular formula is C14H19ClN2O. The monoisotopic (exact) mass is 266 g/mol. The molecule has 1 unspecified atom stereocenters. The topological polar surface area (TPSA) is 37.0 Å². The van der Waals surface area contributed by atoms with Crippen molar-refractivity contribution in [1.82, 2.24) is 10.3 Å². The van der Waals surface area contributed by atoms with Crippen molar-refractivity contribution in [3.05, 3.63) is 35.0 Å². The van der Waals surface area contributed by atoms with Gasteiger partial charge in [-0.15, -0.1) is 0 Å². The third-order valence-electron chi connectivity index (χ3n) is 2.90. The lowest BCUT2D eigenvalue weighted by Crippen LogP contribution is -2.26. The fraction of sp³-hybridized carbons (Fsp3) is 0.429. The highest BCUT2D eigenvalue weighted by Gasteiger charge is 2.08. The second-order valence-electron chi connectivity index (χ2n) is 4.36. The minimum absolute atomic E-state index is 0.221. The van der Waals surface area contributed by atoms with Crippen LogP contribution in [0.3, 0.4) is 0 Å². The maximum Gasteiger partial charge on any atom is 0.0705 e. The Morgan fingerprint density at radius 3 is 2.89 bits per heavy atom. The molecule has 1 atom stereocenters. The number of benzene rings is 1. The van der Waals surface area contributed by atoms with Crippen LogP contribution in [0.15, 0.2) is 24.3 Å². The molecule has 0 saturated carbocycles. The summed E-state index contributed by atoms with van der Waals surface area (Å²) in [6.45, 7) is 6.36. The molecule has 1 aromatic carbocycles. The zero-order valence-corrected chi connectivity index (χ0v) is 11.6. The molecule has 1 aromatic heterocycles. The predicted octanol–water partition coefficient (Wildman–Crippen LogP) is 3.34. The molecule has 0 radical (unpaired) electrons. The maximum atomic E-state index is 6.33. The van der Waals surface area contributed by atoms with Gasteiger partial charge in [0, 0.05) is 36.3 Å². The second kappa shape index (κ2) is 6.23. The van der Waals surface area contributed by atoms with E-state index in [9.17, 15) is 0 Å². The third kappa shape index (κ3) is 3.05. The number of aromatic amines is 1. The number of halogens is 1. The molecule has 0 saturated heterocycles. The average molecular weight is 267 g/mol. The fourth-order valence-electron chi connectivity index (χ4n) is 2.03. The van der Waals surface area contributed by atoms with Gasteiger partial charge in [-0.25, -0.2) is 0 Å². The van der Waals surface area contributed by atoms with E-state index in [1.54, 1.807) is 0 Å². The van der Waals surface area contributed by atoms with Crippen LogP contribution >= 0.6 is 11.6 Å². The molecule has 0 amide bonds. The van der Waals surface area contributed by atoms with Crippen molar-refractivity contribution in [2.24, 2.45) is 0 Å². The Morgan fingerprint density at radius 2 is 2.17 bits per heavy atom. The quantitative estimate of drug-likeness (QED) is 0.841. The van der Waals surface area contributed by atoms with Crippen LogP contribution in [-0.4, -0.2) is 24.2 Å². The first kappa shape index (κ1) is 13.4. The van der Waals surface area contributed by atoms with Gasteiger partial charge in [-0.05, 0) is 19.9 Å². The minimum atomic E-state index is 0.221. The van der Waals surface area contributed by atoms with Crippen molar-refractivity contribution < 1.29 is 4.74 Å². The summed E-state index contributed by atoms with van der Waals surface area (Å²) in [5, 5.41) is 5.23. The summed E-state index contributed by atoms with van der Waals surface area (Å²) in [4.78, 5) is 3.33. The van der Waals surface area contributed by atoms with Gasteiger partial charge >= 0.3 is 0 Å². The number of hydrogen-bond donors (Lipinski definition) is 2. The highest BCUT2D eigenvalue weighted by molar-refractivity contribution is 6.36. The number of fused-ring (bicyclic) bond motifs is 1. The lowest BCUT2D eigenvalue weighted by Gasteiger charge is -2.12. The highest BCUT2D eigenvalue weighted by Crippen LogP contribution is 2.26. The molecule has 2 rings (SSSR count). The summed E-state index contributed by atoms with van der Waals surface area (Å²) in [7, 11) is 0. The van der Waals surface area contributed by atoms with Crippen LogP contribution in [-0.2, 0) is 11.3 Å². The van der Waals surface area contributed by atoms with Crippen LogP contribution in [0.5, 0.6) is 0 Å². The Bertz CT molecular complexity index is 509. The number of H-pyrrole nitrogens is 1. The molecule has 0 aliphatic heterocycles. The third-order valence-corrected chi connectivity index (χ3v) is 3.33. The Morgan fingerprint density at radius 1 is 1.39 bits per heavy atom. The number of nitrogens with one attached hydrogen (secondary N) is 2. The standard InChI is InChI=1S/C14H19ClN2O/c1-3-18-10(2)8-16-9-13-14(15)11-6-4-5-7-12(11)17-13/h4-7,10,16-17H,3,8-9H2,1-2H3. The summed E-state index contributed by atoms with van der Waals surface area (Å²) in [6, 6.07) is 8.06. The van der Waals surface area contributed by atoms with Crippen molar-refractivity contribution in [2.75, 3.05) is 13.2 Å². The summed E-state index contributed by atoms with van der Waals surface area (Å²) in [5.41, 5.74) is 2.11. The Balaban J connectivity index is 1.97. The van der Waals surface area contributed by atoms with E-state index in [1.165, 1.54) is 0 Å². The van der Waals surface area contributed by atoms with Crippen molar-refractivity contribution in [2.45, 2.75) is 26.5 Å². The summed E-state index contributed by atoms with van der Waals surface area (Å²) in [6.07, 6.45) is 0.221. The molecule has 1 heterocycles. The molecule has 2 aromatic rings. The van der Waals surface area contributed by atoms with E-state index in [1.807, 2.05) is 31.2 Å². The number of aromatic nitrogens is 1. The number of rotatable bonds is 6. The number of ether oxygens (including phenoxy) is 1. The van der Waals surface area contributed by atoms with Gasteiger partial charge in [0.1, 0.15) is 0 Å². The highest BCUT2D eigenvalue weighted by atomic mass is 35.5. The van der Waals surface area contributed by atoms with Crippen LogP contribution in [0.25, 0.3) is 10.9 Å². The van der Waals surface area contributed by atoms with Gasteiger partial charge in [0.2, 0.25) is 0 Å². The van der Waals surface area contributed by atoms with Crippen LogP contribution in [0.2, 0.25) is 5.02 Å². The molecule has 0 spiro atoms. The molecule has 3 nitrogen and oxygen atoms in total. The van der Waals surface area contributed by atoms with E-state index in [4.69, 9.17) is 16.3 Å². The van der Waals surface area contributed by atoms with E-state index in [0.717, 1.165) is 41.3 Å². The number of para-hydroxylation sites is 1. The van der Waals surface area contributed by atoms with Crippen molar-refractivity contribution in [1.29, 1.82) is 0 Å². The van der Waals surface area contributed by atoms with Crippen molar-refractivity contribution in [3.63, 3.8) is 0 Å². The molecule has 0 fully saturated rings. The summed E-state index contributed by atoms with van der Waals surface area (Å²) in [5.74, 6) is 0. The molecule has 0 aliphatic rings. The van der Waals surface area contributed by atoms with Crippen LogP contribution in [0.4, 0.5) is 0 Å². The van der Waals surface area contributed by atoms with E-state index >= 15 is 0 Å². The zero-order valence-electron chi connectivity index (χ0n) is 10.8.